The second-order valence-corrected chi connectivity index (χ2v) is 10.9. The van der Waals surface area contributed by atoms with Crippen molar-refractivity contribution in [3.63, 3.8) is 0 Å². The number of allylic oxidation sites excluding steroid dienone is 2. The molecular weight excluding hydrogens is 539 g/mol. The third-order valence-corrected chi connectivity index (χ3v) is 7.99. The lowest BCUT2D eigenvalue weighted by molar-refractivity contribution is 0.303. The summed E-state index contributed by atoms with van der Waals surface area (Å²) in [7, 11) is 0. The van der Waals surface area contributed by atoms with Gasteiger partial charge in [0.2, 0.25) is 0 Å². The lowest BCUT2D eigenvalue weighted by atomic mass is 9.76. The van der Waals surface area contributed by atoms with Crippen LogP contribution >= 0.6 is 15.9 Å². The Morgan fingerprint density at radius 3 is 2.71 bits per heavy atom. The van der Waals surface area contributed by atoms with Crippen molar-refractivity contribution in [1.82, 2.24) is 0 Å². The van der Waals surface area contributed by atoms with Crippen LogP contribution in [0.2, 0.25) is 0 Å². The molecule has 5 heteroatoms. The molecule has 0 aromatic heterocycles. The Morgan fingerprint density at radius 2 is 1.89 bits per heavy atom. The topological polar surface area (TPSA) is 33.6 Å². The number of fused-ring (bicyclic) bond motifs is 3. The quantitative estimate of drug-likeness (QED) is 0.186. The highest BCUT2D eigenvalue weighted by atomic mass is 79.9. The molecular formula is C33H28BrFN2O. The van der Waals surface area contributed by atoms with E-state index in [-0.39, 0.29) is 11.9 Å². The van der Waals surface area contributed by atoms with E-state index in [1.165, 1.54) is 34.5 Å². The number of aliphatic imine (C=N–C) groups is 1. The van der Waals surface area contributed by atoms with Crippen LogP contribution in [0.5, 0.6) is 5.75 Å². The Hall–Kier alpha value is -3.70. The van der Waals surface area contributed by atoms with E-state index in [9.17, 15) is 4.39 Å². The van der Waals surface area contributed by atoms with Crippen molar-refractivity contribution in [2.24, 2.45) is 10.9 Å². The first-order chi connectivity index (χ1) is 18.5. The Balaban J connectivity index is 1.13. The average molecular weight is 568 g/mol. The molecule has 3 nitrogen and oxygen atoms in total. The maximum Gasteiger partial charge on any atom is 0.134 e. The molecule has 0 spiro atoms. The molecule has 0 bridgehead atoms. The first-order valence-electron chi connectivity index (χ1n) is 12.9. The summed E-state index contributed by atoms with van der Waals surface area (Å²) >= 11 is 3.58. The summed E-state index contributed by atoms with van der Waals surface area (Å²) in [6, 6.07) is 27.8. The summed E-state index contributed by atoms with van der Waals surface area (Å²) in [6.07, 6.45) is 7.65. The van der Waals surface area contributed by atoms with Crippen LogP contribution in [0.4, 0.5) is 15.8 Å². The van der Waals surface area contributed by atoms with Crippen LogP contribution in [-0.2, 0) is 6.61 Å². The Morgan fingerprint density at radius 1 is 1.03 bits per heavy atom. The molecule has 190 valence electrons. The van der Waals surface area contributed by atoms with Crippen LogP contribution in [0.25, 0.3) is 0 Å². The molecule has 0 unspecified atom stereocenters. The third-order valence-electron chi connectivity index (χ3n) is 7.37. The van der Waals surface area contributed by atoms with Crippen LogP contribution in [0, 0.1) is 18.7 Å². The molecule has 0 saturated carbocycles. The molecule has 0 amide bonds. The van der Waals surface area contributed by atoms with Crippen LogP contribution in [0.1, 0.15) is 46.2 Å². The first-order valence-corrected chi connectivity index (χ1v) is 13.7. The van der Waals surface area contributed by atoms with Gasteiger partial charge in [-0.15, -0.1) is 0 Å². The van der Waals surface area contributed by atoms with E-state index < -0.39 is 0 Å². The van der Waals surface area contributed by atoms with Gasteiger partial charge in [0.25, 0.3) is 0 Å². The van der Waals surface area contributed by atoms with Gasteiger partial charge in [0, 0.05) is 17.8 Å². The van der Waals surface area contributed by atoms with Crippen molar-refractivity contribution in [3.8, 4) is 5.75 Å². The minimum Gasteiger partial charge on any atom is -0.488 e. The molecule has 0 radical (unpaired) electrons. The Labute approximate surface area is 231 Å². The summed E-state index contributed by atoms with van der Waals surface area (Å²) in [4.78, 5) is 4.69. The number of aryl methyl sites for hydroxylation is 1. The van der Waals surface area contributed by atoms with Crippen molar-refractivity contribution < 1.29 is 9.13 Å². The van der Waals surface area contributed by atoms with Gasteiger partial charge in [0.1, 0.15) is 18.2 Å². The second kappa shape index (κ2) is 10.6. The summed E-state index contributed by atoms with van der Waals surface area (Å²) in [5.74, 6) is 1.43. The number of anilines is 1. The van der Waals surface area contributed by atoms with Crippen molar-refractivity contribution >= 4 is 33.5 Å². The van der Waals surface area contributed by atoms with E-state index in [0.29, 0.717) is 24.2 Å². The number of nitrogens with zero attached hydrogens (tertiary/aromatic N) is 1. The van der Waals surface area contributed by atoms with E-state index in [1.54, 1.807) is 6.07 Å². The smallest absolute Gasteiger partial charge is 0.134 e. The Kier molecular flexibility index (Phi) is 6.86. The maximum atomic E-state index is 13.4. The van der Waals surface area contributed by atoms with E-state index >= 15 is 0 Å². The number of hydrogen-bond acceptors (Lipinski definition) is 3. The van der Waals surface area contributed by atoms with Gasteiger partial charge in [-0.25, -0.2) is 4.39 Å². The highest BCUT2D eigenvalue weighted by molar-refractivity contribution is 9.10. The number of halogens is 2. The number of ether oxygens (including phenoxy) is 1. The van der Waals surface area contributed by atoms with Crippen LogP contribution < -0.4 is 10.1 Å². The molecule has 1 heterocycles. The van der Waals surface area contributed by atoms with Gasteiger partial charge in [-0.2, -0.15) is 0 Å². The second-order valence-electron chi connectivity index (χ2n) is 10.0. The fourth-order valence-corrected chi connectivity index (χ4v) is 5.97. The fraction of sp³-hybridized carbons (Fsp3) is 0.182. The zero-order chi connectivity index (χ0) is 26.1. The number of benzene rings is 4. The molecule has 1 aliphatic carbocycles. The summed E-state index contributed by atoms with van der Waals surface area (Å²) < 4.78 is 20.1. The SMILES string of the molecule is Cc1ccc2c(c1)[C@@H]1C=CC[C@H]1[C@@H](c1ccc(N=Cc3ccc(OCc4cccc(F)c4)c(Br)c3)cc1)N2. The van der Waals surface area contributed by atoms with E-state index in [4.69, 9.17) is 4.74 Å². The van der Waals surface area contributed by atoms with Crippen LogP contribution in [0.3, 0.4) is 0 Å². The van der Waals surface area contributed by atoms with Crippen molar-refractivity contribution in [2.45, 2.75) is 31.9 Å². The normalized spacial score (nSPS) is 19.7. The summed E-state index contributed by atoms with van der Waals surface area (Å²) in [5, 5.41) is 3.81. The van der Waals surface area contributed by atoms with Crippen molar-refractivity contribution in [1.29, 1.82) is 0 Å². The molecule has 4 aromatic carbocycles. The predicted molar refractivity (Wildman–Crippen MR) is 156 cm³/mol. The minimum absolute atomic E-state index is 0.264. The van der Waals surface area contributed by atoms with Gasteiger partial charge in [-0.1, -0.05) is 54.1 Å². The minimum atomic E-state index is -0.264. The summed E-state index contributed by atoms with van der Waals surface area (Å²) in [6.45, 7) is 2.46. The van der Waals surface area contributed by atoms with Gasteiger partial charge in [0.15, 0.2) is 0 Å². The Bertz CT molecular complexity index is 1530. The zero-order valence-corrected chi connectivity index (χ0v) is 22.7. The molecule has 6 rings (SSSR count). The first kappa shape index (κ1) is 24.6. The summed E-state index contributed by atoms with van der Waals surface area (Å²) in [5.41, 5.74) is 7.90. The lowest BCUT2D eigenvalue weighted by Crippen LogP contribution is -2.29. The molecule has 4 aromatic rings. The van der Waals surface area contributed by atoms with E-state index in [1.807, 2.05) is 30.5 Å². The van der Waals surface area contributed by atoms with Crippen molar-refractivity contribution in [3.05, 3.63) is 135 Å². The van der Waals surface area contributed by atoms with Gasteiger partial charge in [0.05, 0.1) is 16.2 Å². The molecule has 3 atom stereocenters. The monoisotopic (exact) mass is 566 g/mol. The van der Waals surface area contributed by atoms with Gasteiger partial charge < -0.3 is 10.1 Å². The molecule has 2 aliphatic rings. The van der Waals surface area contributed by atoms with Gasteiger partial charge in [-0.05, 0) is 106 Å². The molecule has 0 fully saturated rings. The van der Waals surface area contributed by atoms with Gasteiger partial charge in [-0.3, -0.25) is 4.99 Å². The number of rotatable bonds is 6. The molecule has 0 saturated heterocycles. The molecule has 38 heavy (non-hydrogen) atoms. The maximum absolute atomic E-state index is 13.4. The molecule has 1 aliphatic heterocycles. The largest absolute Gasteiger partial charge is 0.488 e. The van der Waals surface area contributed by atoms with E-state index in [2.05, 4.69) is 87.8 Å². The van der Waals surface area contributed by atoms with E-state index in [0.717, 1.165) is 27.7 Å². The third kappa shape index (κ3) is 5.16. The van der Waals surface area contributed by atoms with Crippen molar-refractivity contribution in [2.75, 3.05) is 5.32 Å². The van der Waals surface area contributed by atoms with Crippen LogP contribution in [-0.4, -0.2) is 6.21 Å². The highest BCUT2D eigenvalue weighted by Crippen LogP contribution is 2.50. The fourth-order valence-electron chi connectivity index (χ4n) is 5.46. The van der Waals surface area contributed by atoms with Gasteiger partial charge >= 0.3 is 0 Å². The lowest BCUT2D eigenvalue weighted by Gasteiger charge is -2.37. The number of nitrogens with one attached hydrogen (secondary N) is 1. The highest BCUT2D eigenvalue weighted by Gasteiger charge is 2.37. The predicted octanol–water partition coefficient (Wildman–Crippen LogP) is 9.05. The average Bonchev–Trinajstić information content (AvgIpc) is 3.42. The van der Waals surface area contributed by atoms with Crippen LogP contribution in [0.15, 0.2) is 107 Å². The zero-order valence-electron chi connectivity index (χ0n) is 21.1. The standard InChI is InChI=1S/C33H28BrFN2O/c1-21-8-14-31-29(16-21)27-6-3-7-28(27)33(37-31)24-10-12-26(13-11-24)36-19-22-9-15-32(30(34)18-22)38-20-23-4-2-5-25(35)17-23/h2-6,8-19,27-28,33,37H,7,20H2,1H3/t27-,28-,33-/m1/s1. The number of hydrogen-bond donors (Lipinski definition) is 1. The molecule has 1 N–H and O–H groups in total.